The highest BCUT2D eigenvalue weighted by molar-refractivity contribution is 6.43. The molecule has 1 atom stereocenters. The van der Waals surface area contributed by atoms with E-state index in [4.69, 9.17) is 46.4 Å². The smallest absolute Gasteiger partial charge is 0.0641 e. The van der Waals surface area contributed by atoms with E-state index in [1.165, 1.54) is 0 Å². The van der Waals surface area contributed by atoms with E-state index in [1.807, 2.05) is 18.2 Å². The molecule has 0 N–H and O–H groups in total. The standard InChI is InChI=1S/C13H9Cl4N/c14-10-3-1-2-9(13(10)17)11(15)6-8-4-5-18-7-12(8)16/h1-5,7,11H,6H2. The minimum Gasteiger partial charge on any atom is -0.263 e. The Morgan fingerprint density at radius 2 is 1.83 bits per heavy atom. The summed E-state index contributed by atoms with van der Waals surface area (Å²) in [6, 6.07) is 7.26. The summed E-state index contributed by atoms with van der Waals surface area (Å²) in [7, 11) is 0. The fraction of sp³-hybridized carbons (Fsp3) is 0.154. The minimum atomic E-state index is -0.281. The molecule has 2 aromatic rings. The zero-order valence-corrected chi connectivity index (χ0v) is 12.2. The van der Waals surface area contributed by atoms with Crippen LogP contribution in [0, 0.1) is 0 Å². The van der Waals surface area contributed by atoms with Gasteiger partial charge in [-0.3, -0.25) is 4.98 Å². The van der Waals surface area contributed by atoms with Gasteiger partial charge in [0.2, 0.25) is 0 Å². The highest BCUT2D eigenvalue weighted by Gasteiger charge is 2.15. The lowest BCUT2D eigenvalue weighted by molar-refractivity contribution is 0.917. The Labute approximate surface area is 126 Å². The highest BCUT2D eigenvalue weighted by Crippen LogP contribution is 2.35. The van der Waals surface area contributed by atoms with E-state index >= 15 is 0 Å². The maximum atomic E-state index is 6.37. The summed E-state index contributed by atoms with van der Waals surface area (Å²) in [6.45, 7) is 0. The van der Waals surface area contributed by atoms with Gasteiger partial charge in [0, 0.05) is 12.4 Å². The van der Waals surface area contributed by atoms with Crippen LogP contribution >= 0.6 is 46.4 Å². The van der Waals surface area contributed by atoms with Gasteiger partial charge in [0.05, 0.1) is 20.4 Å². The normalized spacial score (nSPS) is 12.4. The predicted octanol–water partition coefficient (Wildman–Crippen LogP) is 5.56. The summed E-state index contributed by atoms with van der Waals surface area (Å²) in [5.41, 5.74) is 1.74. The van der Waals surface area contributed by atoms with Crippen molar-refractivity contribution in [3.05, 3.63) is 62.9 Å². The zero-order chi connectivity index (χ0) is 13.1. The van der Waals surface area contributed by atoms with E-state index < -0.39 is 0 Å². The summed E-state index contributed by atoms with van der Waals surface area (Å²) >= 11 is 24.5. The van der Waals surface area contributed by atoms with Crippen molar-refractivity contribution in [2.24, 2.45) is 0 Å². The van der Waals surface area contributed by atoms with Gasteiger partial charge < -0.3 is 0 Å². The van der Waals surface area contributed by atoms with Crippen molar-refractivity contribution in [2.45, 2.75) is 11.8 Å². The molecule has 1 unspecified atom stereocenters. The van der Waals surface area contributed by atoms with Crippen LogP contribution in [0.15, 0.2) is 36.7 Å². The van der Waals surface area contributed by atoms with Crippen molar-refractivity contribution >= 4 is 46.4 Å². The molecular formula is C13H9Cl4N. The number of nitrogens with zero attached hydrogens (tertiary/aromatic N) is 1. The van der Waals surface area contributed by atoms with Crippen molar-refractivity contribution < 1.29 is 0 Å². The van der Waals surface area contributed by atoms with Crippen LogP contribution in [0.2, 0.25) is 15.1 Å². The van der Waals surface area contributed by atoms with Gasteiger partial charge in [0.1, 0.15) is 0 Å². The van der Waals surface area contributed by atoms with Crippen molar-refractivity contribution in [1.29, 1.82) is 0 Å². The van der Waals surface area contributed by atoms with Crippen LogP contribution in [-0.2, 0) is 6.42 Å². The number of rotatable bonds is 3. The molecule has 0 aliphatic carbocycles. The number of aromatic nitrogens is 1. The Hall–Kier alpha value is -0.470. The quantitative estimate of drug-likeness (QED) is 0.674. The fourth-order valence-corrected chi connectivity index (χ4v) is 2.67. The minimum absolute atomic E-state index is 0.281. The summed E-state index contributed by atoms with van der Waals surface area (Å²) < 4.78 is 0. The summed E-state index contributed by atoms with van der Waals surface area (Å²) in [5.74, 6) is 0. The molecule has 2 rings (SSSR count). The first-order valence-electron chi connectivity index (χ1n) is 5.26. The second-order valence-electron chi connectivity index (χ2n) is 3.78. The van der Waals surface area contributed by atoms with Gasteiger partial charge in [-0.15, -0.1) is 11.6 Å². The van der Waals surface area contributed by atoms with Crippen LogP contribution in [0.4, 0.5) is 0 Å². The van der Waals surface area contributed by atoms with Crippen molar-refractivity contribution in [3.63, 3.8) is 0 Å². The molecular weight excluding hydrogens is 312 g/mol. The van der Waals surface area contributed by atoms with Crippen LogP contribution < -0.4 is 0 Å². The zero-order valence-electron chi connectivity index (χ0n) is 9.21. The second kappa shape index (κ2) is 6.12. The van der Waals surface area contributed by atoms with E-state index in [2.05, 4.69) is 4.98 Å². The first-order chi connectivity index (χ1) is 8.59. The van der Waals surface area contributed by atoms with Crippen LogP contribution in [0.25, 0.3) is 0 Å². The summed E-state index contributed by atoms with van der Waals surface area (Å²) in [4.78, 5) is 3.93. The van der Waals surface area contributed by atoms with E-state index in [0.717, 1.165) is 11.1 Å². The molecule has 0 aliphatic rings. The van der Waals surface area contributed by atoms with Gasteiger partial charge in [0.15, 0.2) is 0 Å². The molecule has 0 bridgehead atoms. The highest BCUT2D eigenvalue weighted by atomic mass is 35.5. The fourth-order valence-electron chi connectivity index (χ4n) is 1.63. The summed E-state index contributed by atoms with van der Waals surface area (Å²) in [6.07, 6.45) is 3.85. The Morgan fingerprint density at radius 1 is 1.06 bits per heavy atom. The van der Waals surface area contributed by atoms with Gasteiger partial charge in [0.25, 0.3) is 0 Å². The molecule has 1 aromatic carbocycles. The number of alkyl halides is 1. The van der Waals surface area contributed by atoms with E-state index in [1.54, 1.807) is 18.5 Å². The molecule has 0 aliphatic heterocycles. The van der Waals surface area contributed by atoms with Crippen molar-refractivity contribution in [2.75, 3.05) is 0 Å². The third-order valence-corrected chi connectivity index (χ3v) is 4.14. The van der Waals surface area contributed by atoms with Crippen LogP contribution in [0.5, 0.6) is 0 Å². The number of hydrogen-bond acceptors (Lipinski definition) is 1. The first-order valence-corrected chi connectivity index (χ1v) is 6.83. The molecule has 1 nitrogen and oxygen atoms in total. The second-order valence-corrected chi connectivity index (χ2v) is 5.50. The largest absolute Gasteiger partial charge is 0.263 e. The van der Waals surface area contributed by atoms with Gasteiger partial charge in [-0.1, -0.05) is 46.9 Å². The van der Waals surface area contributed by atoms with Crippen LogP contribution in [0.1, 0.15) is 16.5 Å². The van der Waals surface area contributed by atoms with Crippen LogP contribution in [-0.4, -0.2) is 4.98 Å². The Bertz CT molecular complexity index is 556. The number of pyridine rings is 1. The number of benzene rings is 1. The molecule has 94 valence electrons. The topological polar surface area (TPSA) is 12.9 Å². The number of halogens is 4. The number of hydrogen-bond donors (Lipinski definition) is 0. The lowest BCUT2D eigenvalue weighted by atomic mass is 10.0. The van der Waals surface area contributed by atoms with Gasteiger partial charge in [-0.2, -0.15) is 0 Å². The van der Waals surface area contributed by atoms with Gasteiger partial charge >= 0.3 is 0 Å². The van der Waals surface area contributed by atoms with E-state index in [0.29, 0.717) is 21.5 Å². The Balaban J connectivity index is 2.25. The molecule has 0 fully saturated rings. The van der Waals surface area contributed by atoms with E-state index in [9.17, 15) is 0 Å². The Morgan fingerprint density at radius 3 is 2.56 bits per heavy atom. The maximum Gasteiger partial charge on any atom is 0.0641 e. The lowest BCUT2D eigenvalue weighted by Crippen LogP contribution is -1.98. The van der Waals surface area contributed by atoms with Gasteiger partial charge in [-0.25, -0.2) is 0 Å². The molecule has 0 radical (unpaired) electrons. The van der Waals surface area contributed by atoms with Gasteiger partial charge in [-0.05, 0) is 29.7 Å². The SMILES string of the molecule is Clc1cnccc1CC(Cl)c1cccc(Cl)c1Cl. The molecule has 0 amide bonds. The molecule has 1 heterocycles. The maximum absolute atomic E-state index is 6.37. The average molecular weight is 321 g/mol. The monoisotopic (exact) mass is 319 g/mol. The first kappa shape index (κ1) is 14.0. The van der Waals surface area contributed by atoms with Crippen molar-refractivity contribution in [1.82, 2.24) is 4.98 Å². The predicted molar refractivity (Wildman–Crippen MR) is 78.0 cm³/mol. The molecule has 0 saturated carbocycles. The van der Waals surface area contributed by atoms with E-state index in [-0.39, 0.29) is 5.38 Å². The van der Waals surface area contributed by atoms with Crippen LogP contribution in [0.3, 0.4) is 0 Å². The molecule has 5 heteroatoms. The average Bonchev–Trinajstić information content (AvgIpc) is 2.35. The lowest BCUT2D eigenvalue weighted by Gasteiger charge is -2.13. The summed E-state index contributed by atoms with van der Waals surface area (Å²) in [5, 5.41) is 1.31. The molecule has 0 saturated heterocycles. The third kappa shape index (κ3) is 3.10. The van der Waals surface area contributed by atoms with Crippen molar-refractivity contribution in [3.8, 4) is 0 Å². The molecule has 18 heavy (non-hydrogen) atoms. The Kier molecular flexibility index (Phi) is 4.74. The third-order valence-electron chi connectivity index (χ3n) is 2.57. The molecule has 1 aromatic heterocycles. The molecule has 0 spiro atoms.